The Kier molecular flexibility index (Phi) is 5.98. The molecule has 2 aromatic carbocycles. The minimum absolute atomic E-state index is 0.00893. The van der Waals surface area contributed by atoms with E-state index in [2.05, 4.69) is 17.4 Å². The molecule has 1 unspecified atom stereocenters. The Bertz CT molecular complexity index is 1060. The highest BCUT2D eigenvalue weighted by atomic mass is 16.6. The van der Waals surface area contributed by atoms with E-state index in [9.17, 15) is 9.59 Å². The van der Waals surface area contributed by atoms with Crippen molar-refractivity contribution in [1.82, 2.24) is 9.80 Å². The van der Waals surface area contributed by atoms with E-state index in [1.165, 1.54) is 5.56 Å². The zero-order valence-electron chi connectivity index (χ0n) is 20.1. The highest BCUT2D eigenvalue weighted by Crippen LogP contribution is 2.51. The Morgan fingerprint density at radius 3 is 2.47 bits per heavy atom. The molecule has 5 rings (SSSR count). The third-order valence-corrected chi connectivity index (χ3v) is 6.89. The smallest absolute Gasteiger partial charge is 0.410 e. The van der Waals surface area contributed by atoms with E-state index in [4.69, 9.17) is 9.47 Å². The van der Waals surface area contributed by atoms with Crippen LogP contribution in [0.25, 0.3) is 0 Å². The predicted octanol–water partition coefficient (Wildman–Crippen LogP) is 4.62. The number of likely N-dealkylation sites (tertiary alicyclic amines) is 1. The molecule has 7 nitrogen and oxygen atoms in total. The summed E-state index contributed by atoms with van der Waals surface area (Å²) in [5.74, 6) is 0.186. The van der Waals surface area contributed by atoms with E-state index in [-0.39, 0.29) is 30.0 Å². The second-order valence-electron chi connectivity index (χ2n) is 10.3. The van der Waals surface area contributed by atoms with Gasteiger partial charge in [-0.15, -0.1) is 0 Å². The normalized spacial score (nSPS) is 24.1. The second kappa shape index (κ2) is 8.95. The maximum atomic E-state index is 13.2. The fourth-order valence-electron chi connectivity index (χ4n) is 5.38. The van der Waals surface area contributed by atoms with Crippen LogP contribution in [0.15, 0.2) is 48.5 Å². The van der Waals surface area contributed by atoms with Gasteiger partial charge in [-0.2, -0.15) is 0 Å². The van der Waals surface area contributed by atoms with E-state index in [1.807, 2.05) is 67.0 Å². The molecule has 7 heteroatoms. The summed E-state index contributed by atoms with van der Waals surface area (Å²) in [7, 11) is 0. The van der Waals surface area contributed by atoms with Gasteiger partial charge in [-0.3, -0.25) is 4.79 Å². The van der Waals surface area contributed by atoms with Crippen LogP contribution < -0.4 is 5.32 Å². The van der Waals surface area contributed by atoms with Crippen molar-refractivity contribution in [2.75, 3.05) is 38.2 Å². The maximum absolute atomic E-state index is 13.2. The van der Waals surface area contributed by atoms with Gasteiger partial charge in [-0.1, -0.05) is 30.3 Å². The fraction of sp³-hybridized carbons (Fsp3) is 0.481. The van der Waals surface area contributed by atoms with Crippen LogP contribution in [0.3, 0.4) is 0 Å². The van der Waals surface area contributed by atoms with Crippen molar-refractivity contribution in [3.05, 3.63) is 65.2 Å². The van der Waals surface area contributed by atoms with Crippen molar-refractivity contribution < 1.29 is 19.1 Å². The number of rotatable bonds is 2. The lowest BCUT2D eigenvalue weighted by atomic mass is 9.79. The van der Waals surface area contributed by atoms with Gasteiger partial charge in [0.25, 0.3) is 5.91 Å². The van der Waals surface area contributed by atoms with E-state index >= 15 is 0 Å². The summed E-state index contributed by atoms with van der Waals surface area (Å²) >= 11 is 0. The monoisotopic (exact) mass is 463 g/mol. The number of carbonyl (C=O) groups is 2. The van der Waals surface area contributed by atoms with Crippen LogP contribution in [0.4, 0.5) is 10.5 Å². The zero-order chi connectivity index (χ0) is 23.9. The summed E-state index contributed by atoms with van der Waals surface area (Å²) < 4.78 is 11.2. The van der Waals surface area contributed by atoms with E-state index < -0.39 is 5.60 Å². The Morgan fingerprint density at radius 2 is 1.76 bits per heavy atom. The molecule has 2 fully saturated rings. The maximum Gasteiger partial charge on any atom is 0.410 e. The van der Waals surface area contributed by atoms with Crippen LogP contribution in [0, 0.1) is 5.92 Å². The molecule has 0 radical (unpaired) electrons. The average molecular weight is 464 g/mol. The Morgan fingerprint density at radius 1 is 1.03 bits per heavy atom. The number of amides is 2. The topological polar surface area (TPSA) is 71.1 Å². The van der Waals surface area contributed by atoms with Crippen molar-refractivity contribution in [3.8, 4) is 0 Å². The molecular formula is C27H33N3O4. The molecule has 2 amide bonds. The standard InChI is InChI=1S/C27H33N3O4/c1-27(2,3)34-26(32)30-12-11-20-23(18-7-5-4-6-8-18)28-22-10-9-19(17-21(22)24(20)30)25(31)29-13-15-33-16-14-29/h4-10,17,20,23-24,28H,11-16H2,1-3H3/t20-,23?,24-/m0/s1. The van der Waals surface area contributed by atoms with Crippen molar-refractivity contribution in [2.24, 2.45) is 5.92 Å². The Labute approximate surface area is 201 Å². The first-order valence-electron chi connectivity index (χ1n) is 12.1. The van der Waals surface area contributed by atoms with Gasteiger partial charge >= 0.3 is 6.09 Å². The van der Waals surface area contributed by atoms with Gasteiger partial charge in [0.1, 0.15) is 5.60 Å². The molecule has 3 atom stereocenters. The molecule has 0 aromatic heterocycles. The Balaban J connectivity index is 1.52. The van der Waals surface area contributed by atoms with Crippen LogP contribution in [-0.4, -0.2) is 60.2 Å². The van der Waals surface area contributed by atoms with Crippen molar-refractivity contribution in [1.29, 1.82) is 0 Å². The van der Waals surface area contributed by atoms with Gasteiger partial charge in [0.05, 0.1) is 25.3 Å². The number of fused-ring (bicyclic) bond motifs is 3. The number of hydrogen-bond donors (Lipinski definition) is 1. The van der Waals surface area contributed by atoms with E-state index in [0.29, 0.717) is 38.4 Å². The number of nitrogens with zero attached hydrogens (tertiary/aromatic N) is 2. The predicted molar refractivity (Wildman–Crippen MR) is 130 cm³/mol. The number of anilines is 1. The number of nitrogens with one attached hydrogen (secondary N) is 1. The lowest BCUT2D eigenvalue weighted by Gasteiger charge is -2.40. The first-order valence-corrected chi connectivity index (χ1v) is 12.1. The zero-order valence-corrected chi connectivity index (χ0v) is 20.1. The summed E-state index contributed by atoms with van der Waals surface area (Å²) in [5.41, 5.74) is 3.22. The molecule has 0 saturated carbocycles. The number of hydrogen-bond acceptors (Lipinski definition) is 5. The molecule has 0 bridgehead atoms. The number of ether oxygens (including phenoxy) is 2. The Hall–Kier alpha value is -3.06. The minimum Gasteiger partial charge on any atom is -0.444 e. The number of morpholine rings is 1. The lowest BCUT2D eigenvalue weighted by molar-refractivity contribution is 0.0198. The molecule has 3 heterocycles. The minimum atomic E-state index is -0.572. The fourth-order valence-corrected chi connectivity index (χ4v) is 5.38. The third kappa shape index (κ3) is 4.37. The second-order valence-corrected chi connectivity index (χ2v) is 10.3. The van der Waals surface area contributed by atoms with Crippen molar-refractivity contribution in [2.45, 2.75) is 44.9 Å². The summed E-state index contributed by atoms with van der Waals surface area (Å²) in [5, 5.41) is 3.71. The van der Waals surface area contributed by atoms with Gasteiger partial charge in [0.15, 0.2) is 0 Å². The molecule has 2 aromatic rings. The molecule has 2 saturated heterocycles. The SMILES string of the molecule is CC(C)(C)OC(=O)N1CC[C@H]2C(c3ccccc3)Nc3ccc(C(=O)N4CCOCC4)cc3[C@H]21. The van der Waals surface area contributed by atoms with Crippen molar-refractivity contribution in [3.63, 3.8) is 0 Å². The molecule has 1 N–H and O–H groups in total. The quantitative estimate of drug-likeness (QED) is 0.704. The highest BCUT2D eigenvalue weighted by molar-refractivity contribution is 5.95. The lowest BCUT2D eigenvalue weighted by Crippen LogP contribution is -2.41. The van der Waals surface area contributed by atoms with Crippen LogP contribution in [0.1, 0.15) is 60.8 Å². The van der Waals surface area contributed by atoms with Crippen LogP contribution in [0.2, 0.25) is 0 Å². The molecule has 3 aliphatic rings. The number of carbonyl (C=O) groups excluding carboxylic acids is 2. The van der Waals surface area contributed by atoms with Crippen molar-refractivity contribution >= 4 is 17.7 Å². The molecule has 3 aliphatic heterocycles. The largest absolute Gasteiger partial charge is 0.444 e. The average Bonchev–Trinajstić information content (AvgIpc) is 3.29. The summed E-state index contributed by atoms with van der Waals surface area (Å²) in [6.45, 7) is 8.61. The highest BCUT2D eigenvalue weighted by Gasteiger charge is 2.47. The summed E-state index contributed by atoms with van der Waals surface area (Å²) in [4.78, 5) is 30.1. The van der Waals surface area contributed by atoms with Gasteiger partial charge in [-0.05, 0) is 56.5 Å². The summed E-state index contributed by atoms with van der Waals surface area (Å²) in [6, 6.07) is 16.1. The molecule has 180 valence electrons. The molecule has 0 spiro atoms. The van der Waals surface area contributed by atoms with Crippen LogP contribution in [-0.2, 0) is 9.47 Å². The summed E-state index contributed by atoms with van der Waals surface area (Å²) in [6.07, 6.45) is 0.557. The van der Waals surface area contributed by atoms with E-state index in [0.717, 1.165) is 17.7 Å². The van der Waals surface area contributed by atoms with Gasteiger partial charge < -0.3 is 24.6 Å². The van der Waals surface area contributed by atoms with Gasteiger partial charge in [0, 0.05) is 36.8 Å². The first kappa shape index (κ1) is 22.7. The van der Waals surface area contributed by atoms with Gasteiger partial charge in [-0.25, -0.2) is 4.79 Å². The first-order chi connectivity index (χ1) is 16.3. The van der Waals surface area contributed by atoms with E-state index in [1.54, 1.807) is 0 Å². The third-order valence-electron chi connectivity index (χ3n) is 6.89. The van der Waals surface area contributed by atoms with Crippen LogP contribution in [0.5, 0.6) is 0 Å². The van der Waals surface area contributed by atoms with Gasteiger partial charge in [0.2, 0.25) is 0 Å². The molecular weight excluding hydrogens is 430 g/mol. The number of benzene rings is 2. The van der Waals surface area contributed by atoms with Crippen LogP contribution >= 0.6 is 0 Å². The molecule has 0 aliphatic carbocycles. The molecule has 34 heavy (non-hydrogen) atoms.